The topological polar surface area (TPSA) is 35.5 Å². The first-order valence-corrected chi connectivity index (χ1v) is 6.69. The van der Waals surface area contributed by atoms with Gasteiger partial charge in [-0.15, -0.1) is 0 Å². The smallest absolute Gasteiger partial charge is 0.0610 e. The summed E-state index contributed by atoms with van der Waals surface area (Å²) in [5.41, 5.74) is -0.0958. The van der Waals surface area contributed by atoms with Crippen molar-refractivity contribution < 1.29 is 5.11 Å². The Morgan fingerprint density at radius 1 is 1.50 bits per heavy atom. The minimum atomic E-state index is -0.0958. The molecule has 1 rings (SSSR count). The second-order valence-electron chi connectivity index (χ2n) is 5.31. The summed E-state index contributed by atoms with van der Waals surface area (Å²) in [6.45, 7) is 7.06. The average Bonchev–Trinajstić information content (AvgIpc) is 2.76. The SMILES string of the molecule is CCC1CCCN1CCCC(C)(CO)NC. The highest BCUT2D eigenvalue weighted by Crippen LogP contribution is 2.21. The van der Waals surface area contributed by atoms with Crippen molar-refractivity contribution in [2.24, 2.45) is 0 Å². The lowest BCUT2D eigenvalue weighted by molar-refractivity contribution is 0.161. The molecule has 0 saturated carbocycles. The van der Waals surface area contributed by atoms with Crippen LogP contribution in [-0.4, -0.2) is 48.3 Å². The molecule has 16 heavy (non-hydrogen) atoms. The maximum Gasteiger partial charge on any atom is 0.0610 e. The summed E-state index contributed by atoms with van der Waals surface area (Å²) in [7, 11) is 1.93. The van der Waals surface area contributed by atoms with E-state index in [0.29, 0.717) is 0 Å². The van der Waals surface area contributed by atoms with Crippen LogP contribution < -0.4 is 5.32 Å². The Balaban J connectivity index is 2.24. The van der Waals surface area contributed by atoms with Gasteiger partial charge in [0.25, 0.3) is 0 Å². The molecule has 0 aromatic carbocycles. The molecule has 2 unspecified atom stereocenters. The third-order valence-corrected chi connectivity index (χ3v) is 4.10. The van der Waals surface area contributed by atoms with Crippen LogP contribution in [0.2, 0.25) is 0 Å². The Labute approximate surface area is 100 Å². The fraction of sp³-hybridized carbons (Fsp3) is 1.00. The van der Waals surface area contributed by atoms with Gasteiger partial charge in [-0.05, 0) is 59.2 Å². The van der Waals surface area contributed by atoms with Crippen molar-refractivity contribution in [3.63, 3.8) is 0 Å². The molecule has 3 nitrogen and oxygen atoms in total. The number of nitrogens with zero attached hydrogens (tertiary/aromatic N) is 1. The molecular formula is C13H28N2O. The van der Waals surface area contributed by atoms with Crippen molar-refractivity contribution in [1.29, 1.82) is 0 Å². The van der Waals surface area contributed by atoms with Crippen LogP contribution in [0.25, 0.3) is 0 Å². The van der Waals surface area contributed by atoms with Crippen molar-refractivity contribution in [3.8, 4) is 0 Å². The van der Waals surface area contributed by atoms with Crippen LogP contribution in [-0.2, 0) is 0 Å². The molecule has 1 aliphatic rings. The lowest BCUT2D eigenvalue weighted by atomic mass is 9.97. The van der Waals surface area contributed by atoms with Crippen LogP contribution in [0, 0.1) is 0 Å². The monoisotopic (exact) mass is 228 g/mol. The van der Waals surface area contributed by atoms with Crippen LogP contribution in [0.4, 0.5) is 0 Å². The van der Waals surface area contributed by atoms with Gasteiger partial charge >= 0.3 is 0 Å². The number of nitrogens with one attached hydrogen (secondary N) is 1. The molecular weight excluding hydrogens is 200 g/mol. The zero-order chi connectivity index (χ0) is 12.0. The van der Waals surface area contributed by atoms with Crippen molar-refractivity contribution in [2.75, 3.05) is 26.7 Å². The Morgan fingerprint density at radius 2 is 2.25 bits per heavy atom. The predicted octanol–water partition coefficient (Wildman–Crippen LogP) is 1.61. The van der Waals surface area contributed by atoms with Gasteiger partial charge in [0.15, 0.2) is 0 Å². The molecule has 0 bridgehead atoms. The summed E-state index contributed by atoms with van der Waals surface area (Å²) in [4.78, 5) is 2.62. The zero-order valence-corrected chi connectivity index (χ0v) is 11.1. The molecule has 0 aromatic rings. The second-order valence-corrected chi connectivity index (χ2v) is 5.31. The number of likely N-dealkylation sites (N-methyl/N-ethyl adjacent to an activating group) is 1. The van der Waals surface area contributed by atoms with E-state index in [0.717, 1.165) is 12.5 Å². The molecule has 1 aliphatic heterocycles. The predicted molar refractivity (Wildman–Crippen MR) is 68.7 cm³/mol. The van der Waals surface area contributed by atoms with E-state index in [-0.39, 0.29) is 12.1 Å². The maximum atomic E-state index is 9.30. The molecule has 2 N–H and O–H groups in total. The third kappa shape index (κ3) is 3.72. The molecule has 3 heteroatoms. The van der Waals surface area contributed by atoms with Gasteiger partial charge in [-0.25, -0.2) is 0 Å². The Morgan fingerprint density at radius 3 is 2.81 bits per heavy atom. The van der Waals surface area contributed by atoms with Crippen LogP contribution in [0.1, 0.15) is 46.0 Å². The highest BCUT2D eigenvalue weighted by Gasteiger charge is 2.24. The molecule has 0 aliphatic carbocycles. The molecule has 2 atom stereocenters. The van der Waals surface area contributed by atoms with Gasteiger partial charge in [0.2, 0.25) is 0 Å². The van der Waals surface area contributed by atoms with E-state index in [4.69, 9.17) is 0 Å². The van der Waals surface area contributed by atoms with E-state index in [1.165, 1.54) is 38.8 Å². The van der Waals surface area contributed by atoms with Gasteiger partial charge in [0.05, 0.1) is 6.61 Å². The molecule has 1 fully saturated rings. The van der Waals surface area contributed by atoms with Gasteiger partial charge in [-0.3, -0.25) is 0 Å². The molecule has 1 saturated heterocycles. The highest BCUT2D eigenvalue weighted by molar-refractivity contribution is 4.83. The molecule has 96 valence electrons. The van der Waals surface area contributed by atoms with E-state index < -0.39 is 0 Å². The first-order chi connectivity index (χ1) is 7.65. The summed E-state index contributed by atoms with van der Waals surface area (Å²) in [5, 5.41) is 12.5. The normalized spacial score (nSPS) is 25.9. The number of aliphatic hydroxyl groups excluding tert-OH is 1. The van der Waals surface area contributed by atoms with Crippen molar-refractivity contribution in [3.05, 3.63) is 0 Å². The fourth-order valence-corrected chi connectivity index (χ4v) is 2.61. The zero-order valence-electron chi connectivity index (χ0n) is 11.1. The van der Waals surface area contributed by atoms with E-state index >= 15 is 0 Å². The maximum absolute atomic E-state index is 9.30. The number of aliphatic hydroxyl groups is 1. The summed E-state index contributed by atoms with van der Waals surface area (Å²) in [5.74, 6) is 0. The van der Waals surface area contributed by atoms with Crippen LogP contribution in [0.5, 0.6) is 0 Å². The van der Waals surface area contributed by atoms with Crippen LogP contribution in [0.15, 0.2) is 0 Å². The van der Waals surface area contributed by atoms with Crippen molar-refractivity contribution in [1.82, 2.24) is 10.2 Å². The van der Waals surface area contributed by atoms with Crippen molar-refractivity contribution >= 4 is 0 Å². The number of hydrogen-bond donors (Lipinski definition) is 2. The van der Waals surface area contributed by atoms with Gasteiger partial charge in [0.1, 0.15) is 0 Å². The van der Waals surface area contributed by atoms with Crippen molar-refractivity contribution in [2.45, 2.75) is 57.5 Å². The largest absolute Gasteiger partial charge is 0.394 e. The average molecular weight is 228 g/mol. The summed E-state index contributed by atoms with van der Waals surface area (Å²) >= 11 is 0. The first-order valence-electron chi connectivity index (χ1n) is 6.69. The fourth-order valence-electron chi connectivity index (χ4n) is 2.61. The van der Waals surface area contributed by atoms with Gasteiger partial charge in [-0.1, -0.05) is 6.92 Å². The quantitative estimate of drug-likeness (QED) is 0.695. The Hall–Kier alpha value is -0.120. The van der Waals surface area contributed by atoms with E-state index in [1.807, 2.05) is 7.05 Å². The van der Waals surface area contributed by atoms with Crippen LogP contribution in [0.3, 0.4) is 0 Å². The van der Waals surface area contributed by atoms with E-state index in [2.05, 4.69) is 24.1 Å². The Kier molecular flexibility index (Phi) is 5.73. The molecule has 0 amide bonds. The van der Waals surface area contributed by atoms with Gasteiger partial charge in [0, 0.05) is 11.6 Å². The van der Waals surface area contributed by atoms with E-state index in [1.54, 1.807) is 0 Å². The highest BCUT2D eigenvalue weighted by atomic mass is 16.3. The number of likely N-dealkylation sites (tertiary alicyclic amines) is 1. The van der Waals surface area contributed by atoms with E-state index in [9.17, 15) is 5.11 Å². The standard InChI is InChI=1S/C13H28N2O/c1-4-12-7-5-9-15(12)10-6-8-13(2,11-16)14-3/h12,14,16H,4-11H2,1-3H3. The second kappa shape index (κ2) is 6.58. The molecule has 0 aromatic heterocycles. The van der Waals surface area contributed by atoms with Gasteiger partial charge < -0.3 is 15.3 Å². The molecule has 0 radical (unpaired) electrons. The molecule has 0 spiro atoms. The summed E-state index contributed by atoms with van der Waals surface area (Å²) < 4.78 is 0. The minimum absolute atomic E-state index is 0.0958. The Bertz CT molecular complexity index is 192. The third-order valence-electron chi connectivity index (χ3n) is 4.10. The molecule has 1 heterocycles. The number of hydrogen-bond acceptors (Lipinski definition) is 3. The van der Waals surface area contributed by atoms with Crippen LogP contribution >= 0.6 is 0 Å². The van der Waals surface area contributed by atoms with Gasteiger partial charge in [-0.2, -0.15) is 0 Å². The lowest BCUT2D eigenvalue weighted by Gasteiger charge is -2.29. The summed E-state index contributed by atoms with van der Waals surface area (Å²) in [6, 6.07) is 0.815. The summed E-state index contributed by atoms with van der Waals surface area (Å²) in [6.07, 6.45) is 6.24. The first kappa shape index (κ1) is 13.9. The number of rotatable bonds is 7. The lowest BCUT2D eigenvalue weighted by Crippen LogP contribution is -2.44. The minimum Gasteiger partial charge on any atom is -0.394 e.